The monoisotopic (exact) mass is 194 g/mol. The molecule has 0 bridgehead atoms. The molecule has 2 rings (SSSR count). The molecule has 1 aromatic rings. The number of nitrogens with zero attached hydrogens (tertiary/aromatic N) is 3. The summed E-state index contributed by atoms with van der Waals surface area (Å²) in [5, 5.41) is 11.7. The molecule has 0 aliphatic carbocycles. The number of nitrogens with one attached hydrogen (secondary N) is 1. The molecule has 14 heavy (non-hydrogen) atoms. The van der Waals surface area contributed by atoms with Gasteiger partial charge >= 0.3 is 0 Å². The molecule has 78 valence electrons. The van der Waals surface area contributed by atoms with E-state index in [0.717, 1.165) is 25.2 Å². The first kappa shape index (κ1) is 9.65. The van der Waals surface area contributed by atoms with Crippen LogP contribution in [0.3, 0.4) is 0 Å². The van der Waals surface area contributed by atoms with Gasteiger partial charge in [-0.3, -0.25) is 4.68 Å². The topological polar surface area (TPSA) is 42.7 Å². The van der Waals surface area contributed by atoms with Gasteiger partial charge in [0, 0.05) is 25.2 Å². The Kier molecular flexibility index (Phi) is 3.14. The number of aryl methyl sites for hydroxylation is 1. The largest absolute Gasteiger partial charge is 0.314 e. The standard InChI is InChI=1S/C10H18N4/c1-2-14-8-10(12-13-14)7-9-5-3-4-6-11-9/h8-9,11H,2-7H2,1H3. The summed E-state index contributed by atoms with van der Waals surface area (Å²) in [5.74, 6) is 0. The van der Waals surface area contributed by atoms with Crippen LogP contribution in [0.2, 0.25) is 0 Å². The Bertz CT molecular complexity index is 275. The summed E-state index contributed by atoms with van der Waals surface area (Å²) in [6.45, 7) is 4.15. The average molecular weight is 194 g/mol. The summed E-state index contributed by atoms with van der Waals surface area (Å²) in [7, 11) is 0. The van der Waals surface area contributed by atoms with E-state index in [9.17, 15) is 0 Å². The van der Waals surface area contributed by atoms with Crippen LogP contribution in [0.15, 0.2) is 6.20 Å². The van der Waals surface area contributed by atoms with E-state index in [0.29, 0.717) is 6.04 Å². The van der Waals surface area contributed by atoms with Gasteiger partial charge in [-0.2, -0.15) is 0 Å². The quantitative estimate of drug-likeness (QED) is 0.780. The number of piperidine rings is 1. The highest BCUT2D eigenvalue weighted by molar-refractivity contribution is 4.96. The van der Waals surface area contributed by atoms with Gasteiger partial charge in [-0.15, -0.1) is 5.10 Å². The first-order valence-electron chi connectivity index (χ1n) is 5.51. The second-order valence-corrected chi connectivity index (χ2v) is 3.92. The van der Waals surface area contributed by atoms with Crippen molar-refractivity contribution in [3.05, 3.63) is 11.9 Å². The Labute approximate surface area is 84.7 Å². The molecule has 1 atom stereocenters. The molecule has 4 heteroatoms. The van der Waals surface area contributed by atoms with Crippen molar-refractivity contribution >= 4 is 0 Å². The minimum Gasteiger partial charge on any atom is -0.314 e. The van der Waals surface area contributed by atoms with Crippen molar-refractivity contribution in [2.24, 2.45) is 0 Å². The Morgan fingerprint density at radius 3 is 3.14 bits per heavy atom. The number of aromatic nitrogens is 3. The molecular formula is C10H18N4. The predicted molar refractivity (Wildman–Crippen MR) is 55.0 cm³/mol. The van der Waals surface area contributed by atoms with Gasteiger partial charge in [-0.1, -0.05) is 11.6 Å². The van der Waals surface area contributed by atoms with Crippen LogP contribution in [0.1, 0.15) is 31.9 Å². The highest BCUT2D eigenvalue weighted by Crippen LogP contribution is 2.10. The molecule has 1 saturated heterocycles. The lowest BCUT2D eigenvalue weighted by atomic mass is 10.0. The van der Waals surface area contributed by atoms with Crippen molar-refractivity contribution in [1.29, 1.82) is 0 Å². The average Bonchev–Trinajstić information content (AvgIpc) is 2.67. The summed E-state index contributed by atoms with van der Waals surface area (Å²) in [6.07, 6.45) is 7.02. The maximum atomic E-state index is 4.15. The van der Waals surface area contributed by atoms with E-state index in [1.165, 1.54) is 19.3 Å². The van der Waals surface area contributed by atoms with Crippen LogP contribution >= 0.6 is 0 Å². The lowest BCUT2D eigenvalue weighted by Crippen LogP contribution is -2.35. The fourth-order valence-corrected chi connectivity index (χ4v) is 1.94. The van der Waals surface area contributed by atoms with E-state index >= 15 is 0 Å². The van der Waals surface area contributed by atoms with Crippen molar-refractivity contribution < 1.29 is 0 Å². The van der Waals surface area contributed by atoms with E-state index in [1.807, 2.05) is 4.68 Å². The lowest BCUT2D eigenvalue weighted by molar-refractivity contribution is 0.397. The van der Waals surface area contributed by atoms with Crippen LogP contribution in [-0.4, -0.2) is 27.6 Å². The molecule has 4 nitrogen and oxygen atoms in total. The molecule has 1 aliphatic heterocycles. The first-order valence-corrected chi connectivity index (χ1v) is 5.51. The molecule has 1 aromatic heterocycles. The number of rotatable bonds is 3. The maximum Gasteiger partial charge on any atom is 0.0842 e. The molecular weight excluding hydrogens is 176 g/mol. The fraction of sp³-hybridized carbons (Fsp3) is 0.800. The second-order valence-electron chi connectivity index (χ2n) is 3.92. The minimum atomic E-state index is 0.616. The molecule has 1 fully saturated rings. The lowest BCUT2D eigenvalue weighted by Gasteiger charge is -2.22. The van der Waals surface area contributed by atoms with Crippen LogP contribution in [-0.2, 0) is 13.0 Å². The molecule has 0 radical (unpaired) electrons. The summed E-state index contributed by atoms with van der Waals surface area (Å²) in [4.78, 5) is 0. The Morgan fingerprint density at radius 2 is 2.50 bits per heavy atom. The van der Waals surface area contributed by atoms with E-state index < -0.39 is 0 Å². The fourth-order valence-electron chi connectivity index (χ4n) is 1.94. The molecule has 0 aromatic carbocycles. The number of hydrogen-bond donors (Lipinski definition) is 1. The maximum absolute atomic E-state index is 4.15. The van der Waals surface area contributed by atoms with Gasteiger partial charge in [0.15, 0.2) is 0 Å². The Morgan fingerprint density at radius 1 is 1.57 bits per heavy atom. The van der Waals surface area contributed by atoms with Crippen LogP contribution < -0.4 is 5.32 Å². The van der Waals surface area contributed by atoms with Gasteiger partial charge < -0.3 is 5.32 Å². The summed E-state index contributed by atoms with van der Waals surface area (Å²) in [5.41, 5.74) is 1.12. The molecule has 1 aliphatic rings. The molecule has 2 heterocycles. The van der Waals surface area contributed by atoms with Crippen molar-refractivity contribution in [3.63, 3.8) is 0 Å². The van der Waals surface area contributed by atoms with Gasteiger partial charge in [-0.05, 0) is 26.3 Å². The van der Waals surface area contributed by atoms with Crippen molar-refractivity contribution in [1.82, 2.24) is 20.3 Å². The van der Waals surface area contributed by atoms with Crippen LogP contribution in [0.4, 0.5) is 0 Å². The normalized spacial score (nSPS) is 22.5. The summed E-state index contributed by atoms with van der Waals surface area (Å²) in [6, 6.07) is 0.616. The van der Waals surface area contributed by atoms with E-state index in [-0.39, 0.29) is 0 Å². The van der Waals surface area contributed by atoms with Gasteiger partial charge in [0.05, 0.1) is 5.69 Å². The predicted octanol–water partition coefficient (Wildman–Crippen LogP) is 0.983. The van der Waals surface area contributed by atoms with Crippen LogP contribution in [0, 0.1) is 0 Å². The van der Waals surface area contributed by atoms with Crippen LogP contribution in [0.5, 0.6) is 0 Å². The third kappa shape index (κ3) is 2.32. The van der Waals surface area contributed by atoms with Gasteiger partial charge in [0.1, 0.15) is 0 Å². The highest BCUT2D eigenvalue weighted by Gasteiger charge is 2.14. The summed E-state index contributed by atoms with van der Waals surface area (Å²) < 4.78 is 1.89. The van der Waals surface area contributed by atoms with Crippen molar-refractivity contribution in [3.8, 4) is 0 Å². The molecule has 0 saturated carbocycles. The Balaban J connectivity index is 1.89. The van der Waals surface area contributed by atoms with E-state index in [2.05, 4.69) is 28.7 Å². The molecule has 0 spiro atoms. The van der Waals surface area contributed by atoms with Crippen molar-refractivity contribution in [2.45, 2.75) is 45.2 Å². The van der Waals surface area contributed by atoms with E-state index in [1.54, 1.807) is 0 Å². The third-order valence-corrected chi connectivity index (χ3v) is 2.78. The highest BCUT2D eigenvalue weighted by atomic mass is 15.4. The SMILES string of the molecule is CCn1cc(CC2CCCCN2)nn1. The van der Waals surface area contributed by atoms with Gasteiger partial charge in [0.25, 0.3) is 0 Å². The van der Waals surface area contributed by atoms with E-state index in [4.69, 9.17) is 0 Å². The smallest absolute Gasteiger partial charge is 0.0842 e. The first-order chi connectivity index (χ1) is 6.88. The van der Waals surface area contributed by atoms with Gasteiger partial charge in [-0.25, -0.2) is 0 Å². The molecule has 0 amide bonds. The Hall–Kier alpha value is -0.900. The van der Waals surface area contributed by atoms with Crippen molar-refractivity contribution in [2.75, 3.05) is 6.54 Å². The zero-order valence-corrected chi connectivity index (χ0v) is 8.74. The third-order valence-electron chi connectivity index (χ3n) is 2.78. The second kappa shape index (κ2) is 4.55. The zero-order chi connectivity index (χ0) is 9.80. The minimum absolute atomic E-state index is 0.616. The molecule has 1 unspecified atom stereocenters. The zero-order valence-electron chi connectivity index (χ0n) is 8.74. The van der Waals surface area contributed by atoms with Gasteiger partial charge in [0.2, 0.25) is 0 Å². The molecule has 1 N–H and O–H groups in total. The summed E-state index contributed by atoms with van der Waals surface area (Å²) >= 11 is 0. The number of hydrogen-bond acceptors (Lipinski definition) is 3. The van der Waals surface area contributed by atoms with Crippen LogP contribution in [0.25, 0.3) is 0 Å².